The van der Waals surface area contributed by atoms with Crippen molar-refractivity contribution in [2.75, 3.05) is 0 Å². The number of alkyl halides is 1. The van der Waals surface area contributed by atoms with Crippen LogP contribution < -0.4 is 0 Å². The van der Waals surface area contributed by atoms with Crippen LogP contribution in [0.25, 0.3) is 0 Å². The third-order valence-electron chi connectivity index (χ3n) is 9.10. The zero-order chi connectivity index (χ0) is 22.9. The fraction of sp³-hybridized carbons (Fsp3) is 0.783. The maximum absolute atomic E-state index is 13.0. The number of carboxylic acid groups (broad SMARTS) is 1. The summed E-state index contributed by atoms with van der Waals surface area (Å²) in [4.78, 5) is 36.0. The number of hydrogen-bond acceptors (Lipinski definition) is 6. The molecule has 0 heterocycles. The highest BCUT2D eigenvalue weighted by molar-refractivity contribution is 6.23. The maximum atomic E-state index is 13.0. The number of carbonyl (C=O) groups is 3. The van der Waals surface area contributed by atoms with Gasteiger partial charge in [0.05, 0.1) is 17.9 Å². The molecular formula is C23H31ClO7. The topological polar surface area (TPSA) is 132 Å². The molecule has 4 rings (SSSR count). The highest BCUT2D eigenvalue weighted by Gasteiger charge is 2.69. The van der Waals surface area contributed by atoms with E-state index in [0.717, 1.165) is 5.57 Å². The van der Waals surface area contributed by atoms with E-state index in [4.69, 9.17) is 16.7 Å². The van der Waals surface area contributed by atoms with E-state index < -0.39 is 46.8 Å². The largest absolute Gasteiger partial charge is 0.481 e. The molecule has 4 aliphatic carbocycles. The zero-order valence-electron chi connectivity index (χ0n) is 17.9. The summed E-state index contributed by atoms with van der Waals surface area (Å²) in [5.74, 6) is -2.43. The lowest BCUT2D eigenvalue weighted by Gasteiger charge is -2.61. The lowest BCUT2D eigenvalue weighted by Crippen LogP contribution is -2.63. The van der Waals surface area contributed by atoms with Crippen LogP contribution in [0.4, 0.5) is 0 Å². The average molecular weight is 455 g/mol. The molecule has 3 fully saturated rings. The van der Waals surface area contributed by atoms with Gasteiger partial charge in [-0.05, 0) is 66.9 Å². The van der Waals surface area contributed by atoms with E-state index in [9.17, 15) is 29.7 Å². The number of carbonyl (C=O) groups excluding carboxylic acids is 2. The van der Waals surface area contributed by atoms with Gasteiger partial charge in [0, 0.05) is 11.8 Å². The van der Waals surface area contributed by atoms with E-state index in [1.54, 1.807) is 13.0 Å². The zero-order valence-corrected chi connectivity index (χ0v) is 18.6. The van der Waals surface area contributed by atoms with Gasteiger partial charge in [-0.2, -0.15) is 0 Å². The Morgan fingerprint density at radius 2 is 1.97 bits per heavy atom. The average Bonchev–Trinajstić information content (AvgIpc) is 2.93. The molecule has 0 saturated heterocycles. The Hall–Kier alpha value is -1.28. The van der Waals surface area contributed by atoms with Crippen molar-refractivity contribution in [1.82, 2.24) is 0 Å². The molecule has 3 saturated carbocycles. The fourth-order valence-corrected chi connectivity index (χ4v) is 8.15. The van der Waals surface area contributed by atoms with Crippen LogP contribution in [0, 0.1) is 28.6 Å². The van der Waals surface area contributed by atoms with E-state index in [-0.39, 0.29) is 41.8 Å². The summed E-state index contributed by atoms with van der Waals surface area (Å²) < 4.78 is 0. The second-order valence-corrected chi connectivity index (χ2v) is 11.1. The Labute approximate surface area is 186 Å². The van der Waals surface area contributed by atoms with E-state index in [2.05, 4.69) is 6.92 Å². The van der Waals surface area contributed by atoms with Crippen LogP contribution in [0.5, 0.6) is 0 Å². The second kappa shape index (κ2) is 7.37. The molecule has 4 aliphatic rings. The molecule has 0 aromatic carbocycles. The number of ketones is 2. The molecule has 172 valence electrons. The van der Waals surface area contributed by atoms with Gasteiger partial charge >= 0.3 is 5.97 Å². The van der Waals surface area contributed by atoms with Gasteiger partial charge in [-0.25, -0.2) is 0 Å². The molecular weight excluding hydrogens is 424 g/mol. The Morgan fingerprint density at radius 1 is 1.29 bits per heavy atom. The van der Waals surface area contributed by atoms with Crippen molar-refractivity contribution in [2.45, 2.75) is 82.0 Å². The van der Waals surface area contributed by atoms with E-state index in [1.807, 2.05) is 0 Å². The predicted molar refractivity (Wildman–Crippen MR) is 111 cm³/mol. The minimum absolute atomic E-state index is 0.0509. The minimum atomic E-state index is -1.90. The molecule has 1 unspecified atom stereocenters. The van der Waals surface area contributed by atoms with Crippen LogP contribution in [0.3, 0.4) is 0 Å². The van der Waals surface area contributed by atoms with Crippen LogP contribution >= 0.6 is 11.6 Å². The number of aliphatic carboxylic acids is 1. The quantitative estimate of drug-likeness (QED) is 0.476. The predicted octanol–water partition coefficient (Wildman–Crippen LogP) is 1.84. The third kappa shape index (κ3) is 3.15. The van der Waals surface area contributed by atoms with Crippen LogP contribution in [-0.2, 0) is 14.4 Å². The molecule has 7 nitrogen and oxygen atoms in total. The lowest BCUT2D eigenvalue weighted by molar-refractivity contribution is -0.186. The molecule has 0 aromatic rings. The van der Waals surface area contributed by atoms with Crippen molar-refractivity contribution >= 4 is 29.1 Å². The Kier molecular flexibility index (Phi) is 5.44. The number of halogens is 1. The number of aliphatic hydroxyl groups is 3. The number of Topliss-reactive ketones (excluding diaryl/α,β-unsaturated/α-hetero) is 1. The summed E-state index contributed by atoms with van der Waals surface area (Å²) >= 11 is 6.75. The Bertz CT molecular complexity index is 855. The molecule has 0 amide bonds. The van der Waals surface area contributed by atoms with Gasteiger partial charge in [0.1, 0.15) is 11.7 Å². The Balaban J connectivity index is 1.70. The molecule has 0 aromatic heterocycles. The summed E-state index contributed by atoms with van der Waals surface area (Å²) in [6.07, 6.45) is 0.658. The second-order valence-electron chi connectivity index (χ2n) is 10.5. The SMILES string of the molecule is C[C@]12CCC(=O)C=C1[C@H](Cl)C[C@@H]1[C@@H]2[C@@H](O)C[C@@]2(C)[C@H]1CC[C@]2(O)C(=O)C(O)CC(=O)O. The lowest BCUT2D eigenvalue weighted by atomic mass is 9.45. The number of carboxylic acids is 1. The van der Waals surface area contributed by atoms with Gasteiger partial charge in [0.25, 0.3) is 0 Å². The van der Waals surface area contributed by atoms with Crippen molar-refractivity contribution in [3.8, 4) is 0 Å². The van der Waals surface area contributed by atoms with E-state index in [1.165, 1.54) is 0 Å². The normalized spacial score (nSPS) is 47.6. The maximum Gasteiger partial charge on any atom is 0.306 e. The van der Waals surface area contributed by atoms with E-state index in [0.29, 0.717) is 25.7 Å². The number of fused-ring (bicyclic) bond motifs is 5. The van der Waals surface area contributed by atoms with Gasteiger partial charge in [-0.3, -0.25) is 14.4 Å². The number of hydrogen-bond donors (Lipinski definition) is 4. The summed E-state index contributed by atoms with van der Waals surface area (Å²) in [5, 5.41) is 41.6. The molecule has 0 aliphatic heterocycles. The first-order valence-electron chi connectivity index (χ1n) is 11.1. The Morgan fingerprint density at radius 3 is 2.61 bits per heavy atom. The monoisotopic (exact) mass is 454 g/mol. The van der Waals surface area contributed by atoms with Gasteiger partial charge in [-0.1, -0.05) is 13.8 Å². The van der Waals surface area contributed by atoms with E-state index >= 15 is 0 Å². The van der Waals surface area contributed by atoms with Crippen LogP contribution in [0.2, 0.25) is 0 Å². The van der Waals surface area contributed by atoms with Crippen LogP contribution in [-0.4, -0.2) is 61.1 Å². The summed E-state index contributed by atoms with van der Waals surface area (Å²) in [6, 6.07) is 0. The summed E-state index contributed by atoms with van der Waals surface area (Å²) in [6.45, 7) is 3.84. The van der Waals surface area contributed by atoms with Gasteiger partial charge in [-0.15, -0.1) is 11.6 Å². The van der Waals surface area contributed by atoms with Crippen LogP contribution in [0.1, 0.15) is 58.8 Å². The van der Waals surface area contributed by atoms with Gasteiger partial charge < -0.3 is 20.4 Å². The minimum Gasteiger partial charge on any atom is -0.481 e. The standard InChI is InChI=1S/C23H31ClO7/c1-21-5-3-11(25)7-14(21)15(24)8-12-13-4-6-23(31,20(30)16(26)9-18(28)29)22(13,2)10-17(27)19(12)21/h7,12-13,15-17,19,26-27,31H,3-6,8-10H2,1-2H3,(H,28,29)/t12-,13-,15+,16?,17-,19+,21-,22-,23-/m0/s1. The first-order valence-corrected chi connectivity index (χ1v) is 11.5. The molecule has 0 spiro atoms. The van der Waals surface area contributed by atoms with Crippen molar-refractivity contribution in [1.29, 1.82) is 0 Å². The molecule has 0 radical (unpaired) electrons. The molecule has 9 atom stereocenters. The van der Waals surface area contributed by atoms with Crippen molar-refractivity contribution < 1.29 is 34.8 Å². The fourth-order valence-electron chi connectivity index (χ4n) is 7.64. The molecule has 31 heavy (non-hydrogen) atoms. The molecule has 8 heteroatoms. The number of rotatable bonds is 4. The number of aliphatic hydroxyl groups excluding tert-OH is 2. The molecule has 0 bridgehead atoms. The van der Waals surface area contributed by atoms with Crippen molar-refractivity contribution in [3.05, 3.63) is 11.6 Å². The first kappa shape index (κ1) is 22.9. The van der Waals surface area contributed by atoms with Gasteiger partial charge in [0.15, 0.2) is 11.6 Å². The van der Waals surface area contributed by atoms with Crippen molar-refractivity contribution in [3.63, 3.8) is 0 Å². The highest BCUT2D eigenvalue weighted by atomic mass is 35.5. The van der Waals surface area contributed by atoms with Crippen LogP contribution in [0.15, 0.2) is 11.6 Å². The highest BCUT2D eigenvalue weighted by Crippen LogP contribution is 2.68. The number of allylic oxidation sites excluding steroid dienone is 1. The third-order valence-corrected chi connectivity index (χ3v) is 9.52. The van der Waals surface area contributed by atoms with Gasteiger partial charge in [0.2, 0.25) is 0 Å². The molecule has 4 N–H and O–H groups in total. The smallest absolute Gasteiger partial charge is 0.306 e. The van der Waals surface area contributed by atoms with Crippen molar-refractivity contribution in [2.24, 2.45) is 28.6 Å². The summed E-state index contributed by atoms with van der Waals surface area (Å²) in [5.41, 5.74) is -2.43. The first-order chi connectivity index (χ1) is 14.3. The summed E-state index contributed by atoms with van der Waals surface area (Å²) in [7, 11) is 0.